The lowest BCUT2D eigenvalue weighted by Gasteiger charge is -2.34. The number of likely N-dealkylation sites (tertiary alicyclic amines) is 1. The lowest BCUT2D eigenvalue weighted by molar-refractivity contribution is 0.0882. The summed E-state index contributed by atoms with van der Waals surface area (Å²) in [5.41, 5.74) is 1.90. The molecule has 0 radical (unpaired) electrons. The Morgan fingerprint density at radius 2 is 1.89 bits per heavy atom. The molecule has 1 fully saturated rings. The minimum atomic E-state index is -0.861. The van der Waals surface area contributed by atoms with Crippen LogP contribution in [0, 0.1) is 0 Å². The number of piperidine rings is 1. The van der Waals surface area contributed by atoms with Gasteiger partial charge in [0.15, 0.2) is 17.6 Å². The number of rotatable bonds is 2. The number of carboxylic acid groups (broad SMARTS) is 1. The first-order chi connectivity index (χ1) is 13.0. The van der Waals surface area contributed by atoms with E-state index in [4.69, 9.17) is 37.8 Å². The van der Waals surface area contributed by atoms with Gasteiger partial charge >= 0.3 is 6.09 Å². The molecule has 5 nitrogen and oxygen atoms in total. The van der Waals surface area contributed by atoms with Gasteiger partial charge in [-0.25, -0.2) is 4.79 Å². The van der Waals surface area contributed by atoms with Crippen LogP contribution in [0.2, 0.25) is 10.0 Å². The Bertz CT molecular complexity index is 865. The number of ether oxygens (including phenoxy) is 2. The second-order valence-electron chi connectivity index (χ2n) is 6.80. The summed E-state index contributed by atoms with van der Waals surface area (Å²) < 4.78 is 12.3. The average Bonchev–Trinajstić information content (AvgIpc) is 2.67. The van der Waals surface area contributed by atoms with Crippen molar-refractivity contribution in [3.63, 3.8) is 0 Å². The maximum absolute atomic E-state index is 11.1. The third-order valence-electron chi connectivity index (χ3n) is 5.17. The quantitative estimate of drug-likeness (QED) is 0.727. The van der Waals surface area contributed by atoms with Gasteiger partial charge in [-0.15, -0.1) is 0 Å². The first-order valence-corrected chi connectivity index (χ1v) is 9.63. The van der Waals surface area contributed by atoms with Crippen molar-refractivity contribution in [1.29, 1.82) is 0 Å². The number of nitrogens with zero attached hydrogens (tertiary/aromatic N) is 1. The van der Waals surface area contributed by atoms with Crippen LogP contribution in [0.25, 0.3) is 0 Å². The summed E-state index contributed by atoms with van der Waals surface area (Å²) in [5.74, 6) is 1.68. The molecule has 0 aliphatic carbocycles. The third kappa shape index (κ3) is 3.66. The van der Waals surface area contributed by atoms with Gasteiger partial charge in [-0.1, -0.05) is 41.4 Å². The molecule has 0 aromatic heterocycles. The molecule has 1 N–H and O–H groups in total. The van der Waals surface area contributed by atoms with E-state index < -0.39 is 6.09 Å². The van der Waals surface area contributed by atoms with Crippen LogP contribution >= 0.6 is 23.2 Å². The number of amides is 1. The van der Waals surface area contributed by atoms with Gasteiger partial charge in [0.05, 0.1) is 0 Å². The first kappa shape index (κ1) is 18.3. The molecule has 1 atom stereocenters. The first-order valence-electron chi connectivity index (χ1n) is 8.88. The minimum absolute atomic E-state index is 0.235. The van der Waals surface area contributed by atoms with Crippen LogP contribution in [0.15, 0.2) is 36.4 Å². The highest BCUT2D eigenvalue weighted by Crippen LogP contribution is 2.45. The zero-order valence-corrected chi connectivity index (χ0v) is 16.0. The molecule has 0 unspecified atom stereocenters. The molecular weight excluding hydrogens is 389 g/mol. The molecular formula is C20H19Cl2NO4. The molecule has 0 bridgehead atoms. The largest absolute Gasteiger partial charge is 0.485 e. The molecule has 27 heavy (non-hydrogen) atoms. The van der Waals surface area contributed by atoms with Crippen molar-refractivity contribution < 1.29 is 19.4 Å². The van der Waals surface area contributed by atoms with Crippen LogP contribution in [0.5, 0.6) is 11.5 Å². The summed E-state index contributed by atoms with van der Waals surface area (Å²) >= 11 is 12.3. The number of benzene rings is 2. The van der Waals surface area contributed by atoms with Crippen LogP contribution in [0.4, 0.5) is 4.79 Å². The zero-order chi connectivity index (χ0) is 19.0. The van der Waals surface area contributed by atoms with Crippen molar-refractivity contribution in [3.8, 4) is 11.5 Å². The molecule has 2 heterocycles. The van der Waals surface area contributed by atoms with Crippen LogP contribution in [0.3, 0.4) is 0 Å². The van der Waals surface area contributed by atoms with E-state index in [0.29, 0.717) is 29.7 Å². The van der Waals surface area contributed by atoms with E-state index in [1.54, 1.807) is 12.1 Å². The highest BCUT2D eigenvalue weighted by Gasteiger charge is 2.31. The van der Waals surface area contributed by atoms with Gasteiger partial charge in [0, 0.05) is 34.3 Å². The van der Waals surface area contributed by atoms with Gasteiger partial charge in [-0.05, 0) is 37.0 Å². The monoisotopic (exact) mass is 407 g/mol. The SMILES string of the molecule is O=C(O)N1CCC(c2cccc3c2O[C@H](c2ccc(Cl)cc2Cl)CO3)CC1. The Balaban J connectivity index is 1.59. The molecule has 1 saturated heterocycles. The molecule has 1 amide bonds. The van der Waals surface area contributed by atoms with Crippen LogP contribution < -0.4 is 9.47 Å². The summed E-state index contributed by atoms with van der Waals surface area (Å²) in [5, 5.41) is 10.3. The molecule has 0 saturated carbocycles. The number of para-hydroxylation sites is 1. The van der Waals surface area contributed by atoms with Gasteiger partial charge < -0.3 is 19.5 Å². The predicted molar refractivity (Wildman–Crippen MR) is 103 cm³/mol. The lowest BCUT2D eigenvalue weighted by Crippen LogP contribution is -2.37. The van der Waals surface area contributed by atoms with Crippen molar-refractivity contribution in [3.05, 3.63) is 57.6 Å². The smallest absolute Gasteiger partial charge is 0.407 e. The fourth-order valence-corrected chi connectivity index (χ4v) is 4.26. The molecule has 2 aliphatic rings. The third-order valence-corrected chi connectivity index (χ3v) is 5.74. The van der Waals surface area contributed by atoms with E-state index in [2.05, 4.69) is 0 Å². The number of carbonyl (C=O) groups is 1. The zero-order valence-electron chi connectivity index (χ0n) is 14.5. The van der Waals surface area contributed by atoms with E-state index in [1.807, 2.05) is 24.3 Å². The molecule has 4 rings (SSSR count). The topological polar surface area (TPSA) is 59.0 Å². The summed E-state index contributed by atoms with van der Waals surface area (Å²) in [6.07, 6.45) is 0.347. The van der Waals surface area contributed by atoms with Gasteiger partial charge in [0.1, 0.15) is 6.61 Å². The summed E-state index contributed by atoms with van der Waals surface area (Å²) in [4.78, 5) is 12.6. The number of hydrogen-bond acceptors (Lipinski definition) is 3. The standard InChI is InChI=1S/C20H19Cl2NO4/c21-13-4-5-15(16(22)10-13)18-11-26-17-3-1-2-14(19(17)27-18)12-6-8-23(9-7-12)20(24)25/h1-5,10,12,18H,6-9,11H2,(H,24,25)/t18-/m0/s1. The van der Waals surface area contributed by atoms with E-state index >= 15 is 0 Å². The highest BCUT2D eigenvalue weighted by atomic mass is 35.5. The second-order valence-corrected chi connectivity index (χ2v) is 7.65. The van der Waals surface area contributed by atoms with Crippen molar-refractivity contribution >= 4 is 29.3 Å². The van der Waals surface area contributed by atoms with E-state index in [-0.39, 0.29) is 12.0 Å². The van der Waals surface area contributed by atoms with Crippen LogP contribution in [0.1, 0.15) is 36.0 Å². The normalized spacial score (nSPS) is 19.8. The maximum atomic E-state index is 11.1. The predicted octanol–water partition coefficient (Wildman–Crippen LogP) is 5.36. The van der Waals surface area contributed by atoms with Crippen LogP contribution in [-0.2, 0) is 0 Å². The fraction of sp³-hybridized carbons (Fsp3) is 0.350. The summed E-state index contributed by atoms with van der Waals surface area (Å²) in [7, 11) is 0. The number of hydrogen-bond donors (Lipinski definition) is 1. The van der Waals surface area contributed by atoms with E-state index in [9.17, 15) is 4.79 Å². The Hall–Kier alpha value is -2.11. The van der Waals surface area contributed by atoms with Crippen molar-refractivity contribution in [2.24, 2.45) is 0 Å². The number of fused-ring (bicyclic) bond motifs is 1. The highest BCUT2D eigenvalue weighted by molar-refractivity contribution is 6.35. The molecule has 142 valence electrons. The van der Waals surface area contributed by atoms with Crippen molar-refractivity contribution in [2.45, 2.75) is 24.9 Å². The Kier molecular flexibility index (Phi) is 5.06. The summed E-state index contributed by atoms with van der Waals surface area (Å²) in [6, 6.07) is 11.2. The van der Waals surface area contributed by atoms with Gasteiger partial charge in [0.2, 0.25) is 0 Å². The lowest BCUT2D eigenvalue weighted by atomic mass is 9.88. The average molecular weight is 408 g/mol. The molecule has 2 aromatic carbocycles. The maximum Gasteiger partial charge on any atom is 0.407 e. The van der Waals surface area contributed by atoms with Crippen LogP contribution in [-0.4, -0.2) is 35.8 Å². The number of halogens is 2. The molecule has 7 heteroatoms. The molecule has 2 aliphatic heterocycles. The molecule has 0 spiro atoms. The summed E-state index contributed by atoms with van der Waals surface area (Å²) in [6.45, 7) is 1.42. The Morgan fingerprint density at radius 3 is 2.59 bits per heavy atom. The van der Waals surface area contributed by atoms with Gasteiger partial charge in [-0.3, -0.25) is 0 Å². The van der Waals surface area contributed by atoms with Crippen molar-refractivity contribution in [1.82, 2.24) is 4.90 Å². The van der Waals surface area contributed by atoms with Crippen molar-refractivity contribution in [2.75, 3.05) is 19.7 Å². The van der Waals surface area contributed by atoms with Gasteiger partial charge in [0.25, 0.3) is 0 Å². The minimum Gasteiger partial charge on any atom is -0.485 e. The molecule has 2 aromatic rings. The second kappa shape index (κ2) is 7.49. The Morgan fingerprint density at radius 1 is 1.11 bits per heavy atom. The van der Waals surface area contributed by atoms with Gasteiger partial charge in [-0.2, -0.15) is 0 Å². The van der Waals surface area contributed by atoms with E-state index in [1.165, 1.54) is 4.90 Å². The fourth-order valence-electron chi connectivity index (χ4n) is 3.73. The Labute approximate surface area is 167 Å². The van der Waals surface area contributed by atoms with E-state index in [0.717, 1.165) is 35.5 Å².